The highest BCUT2D eigenvalue weighted by atomic mass is 16.6. The molecular formula is C20H28O3. The van der Waals surface area contributed by atoms with Crippen molar-refractivity contribution < 1.29 is 14.3 Å². The molecule has 0 aromatic heterocycles. The van der Waals surface area contributed by atoms with Crippen LogP contribution >= 0.6 is 0 Å². The van der Waals surface area contributed by atoms with E-state index in [-0.39, 0.29) is 23.4 Å². The summed E-state index contributed by atoms with van der Waals surface area (Å²) in [5.74, 6) is 0.458. The van der Waals surface area contributed by atoms with E-state index in [0.717, 1.165) is 31.3 Å². The lowest BCUT2D eigenvalue weighted by atomic mass is 9.76. The number of fused-ring (bicyclic) bond motifs is 2. The van der Waals surface area contributed by atoms with Crippen LogP contribution in [0.15, 0.2) is 36.0 Å². The van der Waals surface area contributed by atoms with Crippen LogP contribution in [0, 0.1) is 17.8 Å². The fourth-order valence-electron chi connectivity index (χ4n) is 3.90. The van der Waals surface area contributed by atoms with E-state index in [1.807, 2.05) is 0 Å². The van der Waals surface area contributed by atoms with Gasteiger partial charge >= 0.3 is 5.97 Å². The topological polar surface area (TPSA) is 38.8 Å². The summed E-state index contributed by atoms with van der Waals surface area (Å²) in [5, 5.41) is 0. The van der Waals surface area contributed by atoms with Crippen LogP contribution in [0.4, 0.5) is 0 Å². The van der Waals surface area contributed by atoms with Crippen molar-refractivity contribution in [3.05, 3.63) is 36.0 Å². The first-order valence-corrected chi connectivity index (χ1v) is 8.80. The van der Waals surface area contributed by atoms with Gasteiger partial charge in [-0.2, -0.15) is 0 Å². The van der Waals surface area contributed by atoms with Crippen molar-refractivity contribution in [2.75, 3.05) is 6.61 Å². The van der Waals surface area contributed by atoms with Crippen LogP contribution in [0.2, 0.25) is 0 Å². The summed E-state index contributed by atoms with van der Waals surface area (Å²) in [7, 11) is 0. The predicted molar refractivity (Wildman–Crippen MR) is 90.9 cm³/mol. The fraction of sp³-hybridized carbons (Fsp3) is 0.650. The van der Waals surface area contributed by atoms with E-state index in [4.69, 9.17) is 9.47 Å². The predicted octanol–water partition coefficient (Wildman–Crippen LogP) is 4.20. The Labute approximate surface area is 139 Å². The number of hydrogen-bond donors (Lipinski definition) is 0. The van der Waals surface area contributed by atoms with Gasteiger partial charge in [0.1, 0.15) is 6.61 Å². The van der Waals surface area contributed by atoms with E-state index in [2.05, 4.69) is 45.6 Å². The number of carbonyl (C=O) groups excluding carboxylic acids is 1. The third-order valence-corrected chi connectivity index (χ3v) is 5.47. The first kappa shape index (κ1) is 16.5. The Bertz CT molecular complexity index is 557. The second-order valence-electron chi connectivity index (χ2n) is 7.72. The molecule has 0 radical (unpaired) electrons. The third-order valence-electron chi connectivity index (χ3n) is 5.47. The minimum atomic E-state index is -0.177. The zero-order chi connectivity index (χ0) is 16.6. The number of rotatable bonds is 2. The maximum atomic E-state index is 12.4. The normalized spacial score (nSPS) is 39.5. The maximum absolute atomic E-state index is 12.4. The smallest absolute Gasteiger partial charge is 0.313 e. The summed E-state index contributed by atoms with van der Waals surface area (Å²) in [6.07, 6.45) is 10.5. The molecule has 0 amide bonds. The van der Waals surface area contributed by atoms with Gasteiger partial charge in [0.05, 0.1) is 17.6 Å². The number of epoxide rings is 1. The van der Waals surface area contributed by atoms with Crippen molar-refractivity contribution >= 4 is 5.97 Å². The van der Waals surface area contributed by atoms with Gasteiger partial charge in [-0.15, -0.1) is 0 Å². The zero-order valence-corrected chi connectivity index (χ0v) is 14.5. The molecule has 0 N–H and O–H groups in total. The molecule has 3 nitrogen and oxygen atoms in total. The lowest BCUT2D eigenvalue weighted by molar-refractivity contribution is -0.151. The summed E-state index contributed by atoms with van der Waals surface area (Å²) in [4.78, 5) is 12.4. The fourth-order valence-corrected chi connectivity index (χ4v) is 3.90. The van der Waals surface area contributed by atoms with Gasteiger partial charge in [-0.1, -0.05) is 44.2 Å². The number of esters is 1. The first-order chi connectivity index (χ1) is 10.9. The molecule has 3 aliphatic rings. The van der Waals surface area contributed by atoms with Crippen LogP contribution in [0.25, 0.3) is 0 Å². The highest BCUT2D eigenvalue weighted by Crippen LogP contribution is 2.49. The van der Waals surface area contributed by atoms with Crippen LogP contribution in [0.3, 0.4) is 0 Å². The van der Waals surface area contributed by atoms with Gasteiger partial charge in [0.2, 0.25) is 0 Å². The van der Waals surface area contributed by atoms with E-state index in [1.54, 1.807) is 0 Å². The first-order valence-electron chi connectivity index (χ1n) is 8.80. The molecule has 0 bridgehead atoms. The van der Waals surface area contributed by atoms with Gasteiger partial charge in [0.15, 0.2) is 0 Å². The lowest BCUT2D eigenvalue weighted by Crippen LogP contribution is -2.36. The Hall–Kier alpha value is -1.35. The summed E-state index contributed by atoms with van der Waals surface area (Å²) >= 11 is 0. The van der Waals surface area contributed by atoms with Gasteiger partial charge in [0.25, 0.3) is 0 Å². The number of cyclic esters (lactones) is 1. The maximum Gasteiger partial charge on any atom is 0.313 e. The van der Waals surface area contributed by atoms with E-state index < -0.39 is 0 Å². The molecule has 3 heteroatoms. The Balaban J connectivity index is 1.85. The monoisotopic (exact) mass is 316 g/mol. The van der Waals surface area contributed by atoms with Crippen molar-refractivity contribution in [2.24, 2.45) is 17.8 Å². The number of hydrogen-bond acceptors (Lipinski definition) is 3. The molecule has 126 valence electrons. The van der Waals surface area contributed by atoms with Crippen molar-refractivity contribution in [3.63, 3.8) is 0 Å². The molecule has 3 rings (SSSR count). The summed E-state index contributed by atoms with van der Waals surface area (Å²) in [6, 6.07) is 0. The minimum Gasteiger partial charge on any atom is -0.461 e. The summed E-state index contributed by atoms with van der Waals surface area (Å²) in [5.41, 5.74) is 2.24. The highest BCUT2D eigenvalue weighted by molar-refractivity contribution is 5.78. The van der Waals surface area contributed by atoms with E-state index in [9.17, 15) is 4.79 Å². The largest absolute Gasteiger partial charge is 0.461 e. The second kappa shape index (κ2) is 6.27. The van der Waals surface area contributed by atoms with E-state index >= 15 is 0 Å². The van der Waals surface area contributed by atoms with Crippen molar-refractivity contribution in [1.29, 1.82) is 0 Å². The molecule has 1 aliphatic carbocycles. The van der Waals surface area contributed by atoms with Gasteiger partial charge in [-0.05, 0) is 44.1 Å². The molecule has 0 spiro atoms. The molecule has 0 unspecified atom stereocenters. The molecular weight excluding hydrogens is 288 g/mol. The van der Waals surface area contributed by atoms with Crippen molar-refractivity contribution in [3.8, 4) is 0 Å². The molecule has 23 heavy (non-hydrogen) atoms. The van der Waals surface area contributed by atoms with Gasteiger partial charge < -0.3 is 9.47 Å². The average molecular weight is 316 g/mol. The Morgan fingerprint density at radius 2 is 2.13 bits per heavy atom. The number of allylic oxidation sites excluding steroid dienone is 3. The molecule has 0 aromatic rings. The molecule has 2 aliphatic heterocycles. The number of carbonyl (C=O) groups is 1. The molecule has 2 heterocycles. The Morgan fingerprint density at radius 3 is 2.87 bits per heavy atom. The molecule has 2 saturated heterocycles. The average Bonchev–Trinajstić information content (AvgIpc) is 3.13. The molecule has 4 atom stereocenters. The third kappa shape index (κ3) is 3.45. The lowest BCUT2D eigenvalue weighted by Gasteiger charge is -2.34. The second-order valence-corrected chi connectivity index (χ2v) is 7.72. The van der Waals surface area contributed by atoms with Crippen LogP contribution in [-0.2, 0) is 14.3 Å². The SMILES string of the molecule is C=C1CC[C@@H]2O[C@@]2(C)CC[C@@H]2/C(=C\C=C\C(C)C)COC(=O)[C@@H]12. The van der Waals surface area contributed by atoms with Gasteiger partial charge in [0, 0.05) is 5.92 Å². The van der Waals surface area contributed by atoms with Crippen LogP contribution in [-0.4, -0.2) is 24.3 Å². The Morgan fingerprint density at radius 1 is 1.35 bits per heavy atom. The molecule has 1 saturated carbocycles. The number of ether oxygens (including phenoxy) is 2. The van der Waals surface area contributed by atoms with Crippen molar-refractivity contribution in [1.82, 2.24) is 0 Å². The van der Waals surface area contributed by atoms with Crippen LogP contribution in [0.5, 0.6) is 0 Å². The van der Waals surface area contributed by atoms with Gasteiger partial charge in [-0.25, -0.2) is 0 Å². The van der Waals surface area contributed by atoms with Crippen LogP contribution in [0.1, 0.15) is 46.5 Å². The molecule has 0 aromatic carbocycles. The van der Waals surface area contributed by atoms with Crippen LogP contribution < -0.4 is 0 Å². The zero-order valence-electron chi connectivity index (χ0n) is 14.5. The van der Waals surface area contributed by atoms with E-state index in [1.165, 1.54) is 5.57 Å². The molecule has 3 fully saturated rings. The highest BCUT2D eigenvalue weighted by Gasteiger charge is 2.53. The Kier molecular flexibility index (Phi) is 4.50. The minimum absolute atomic E-state index is 0.00933. The summed E-state index contributed by atoms with van der Waals surface area (Å²) < 4.78 is 11.3. The quantitative estimate of drug-likeness (QED) is 0.435. The standard InChI is InChI=1S/C20H28O3/c1-13(2)6-5-7-15-12-22-19(21)18-14(3)8-9-17-20(4,23-17)11-10-16(15)18/h5-7,13,16-18H,3,8-12H2,1-2,4H3/b6-5+,15-7-/t16-,17+,18+,20+/m1/s1. The van der Waals surface area contributed by atoms with E-state index in [0.29, 0.717) is 18.6 Å². The van der Waals surface area contributed by atoms with Gasteiger partial charge in [-0.3, -0.25) is 4.79 Å². The summed E-state index contributed by atoms with van der Waals surface area (Å²) in [6.45, 7) is 11.1. The van der Waals surface area contributed by atoms with Crippen molar-refractivity contribution in [2.45, 2.75) is 58.2 Å².